The predicted molar refractivity (Wildman–Crippen MR) is 105 cm³/mol. The lowest BCUT2D eigenvalue weighted by Gasteiger charge is -2.15. The van der Waals surface area contributed by atoms with E-state index in [1.54, 1.807) is 12.4 Å². The number of hydrogen-bond donors (Lipinski definition) is 1. The number of thiazole rings is 1. The molecule has 3 aromatic rings. The smallest absolute Gasteiger partial charge is 0.227 e. The molecule has 4 rings (SSSR count). The fourth-order valence-electron chi connectivity index (χ4n) is 2.80. The molecule has 6 nitrogen and oxygen atoms in total. The van der Waals surface area contributed by atoms with Crippen LogP contribution in [-0.2, 0) is 4.79 Å². The van der Waals surface area contributed by atoms with E-state index in [9.17, 15) is 4.79 Å². The first-order valence-electron chi connectivity index (χ1n) is 8.36. The molecule has 0 atom stereocenters. The first-order chi connectivity index (χ1) is 12.8. The summed E-state index contributed by atoms with van der Waals surface area (Å²) in [5.74, 6) is 0.198. The van der Waals surface area contributed by atoms with Gasteiger partial charge in [0.2, 0.25) is 11.0 Å². The van der Waals surface area contributed by atoms with E-state index in [2.05, 4.69) is 20.5 Å². The van der Waals surface area contributed by atoms with Crippen LogP contribution in [0.1, 0.15) is 18.5 Å². The lowest BCUT2D eigenvalue weighted by molar-refractivity contribution is -0.117. The molecule has 1 aliphatic heterocycles. The topological polar surface area (TPSA) is 70.5 Å². The number of hydrazone groups is 1. The number of carbonyl (C=O) groups is 1. The number of amides is 1. The summed E-state index contributed by atoms with van der Waals surface area (Å²) in [7, 11) is 0. The highest BCUT2D eigenvalue weighted by Crippen LogP contribution is 2.28. The van der Waals surface area contributed by atoms with E-state index in [1.165, 1.54) is 11.3 Å². The monoisotopic (exact) mass is 363 g/mol. The molecular weight excluding hydrogens is 346 g/mol. The Morgan fingerprint density at radius 2 is 2.08 bits per heavy atom. The molecule has 7 heteroatoms. The number of aromatic nitrogens is 2. The quantitative estimate of drug-likeness (QED) is 0.553. The minimum atomic E-state index is 0.198. The van der Waals surface area contributed by atoms with Crippen molar-refractivity contribution in [2.75, 3.05) is 16.9 Å². The van der Waals surface area contributed by atoms with Gasteiger partial charge in [-0.2, -0.15) is 5.10 Å². The van der Waals surface area contributed by atoms with Gasteiger partial charge in [-0.15, -0.1) is 11.3 Å². The molecule has 130 valence electrons. The van der Waals surface area contributed by atoms with Gasteiger partial charge in [0.05, 0.1) is 17.6 Å². The molecule has 0 spiro atoms. The van der Waals surface area contributed by atoms with Crippen molar-refractivity contribution in [2.24, 2.45) is 5.10 Å². The number of pyridine rings is 1. The fourth-order valence-corrected chi connectivity index (χ4v) is 3.47. The summed E-state index contributed by atoms with van der Waals surface area (Å²) in [6.07, 6.45) is 4.95. The average Bonchev–Trinajstić information content (AvgIpc) is 3.32. The predicted octanol–water partition coefficient (Wildman–Crippen LogP) is 3.78. The molecule has 2 aromatic heterocycles. The number of rotatable bonds is 5. The molecule has 1 amide bonds. The van der Waals surface area contributed by atoms with Crippen molar-refractivity contribution in [1.82, 2.24) is 9.97 Å². The maximum atomic E-state index is 11.8. The van der Waals surface area contributed by atoms with Crippen molar-refractivity contribution in [3.05, 3.63) is 59.7 Å². The minimum absolute atomic E-state index is 0.198. The molecule has 1 saturated heterocycles. The third-order valence-electron chi connectivity index (χ3n) is 4.10. The maximum Gasteiger partial charge on any atom is 0.227 e. The van der Waals surface area contributed by atoms with Crippen molar-refractivity contribution >= 4 is 34.3 Å². The molecule has 1 aromatic carbocycles. The van der Waals surface area contributed by atoms with Crippen molar-refractivity contribution in [2.45, 2.75) is 12.8 Å². The van der Waals surface area contributed by atoms with E-state index in [4.69, 9.17) is 0 Å². The van der Waals surface area contributed by atoms with Crippen LogP contribution in [0, 0.1) is 0 Å². The zero-order valence-corrected chi connectivity index (χ0v) is 14.8. The lowest BCUT2D eigenvalue weighted by atomic mass is 10.1. The van der Waals surface area contributed by atoms with Crippen LogP contribution in [0.5, 0.6) is 0 Å². The molecule has 1 aliphatic rings. The highest BCUT2D eigenvalue weighted by molar-refractivity contribution is 7.14. The standard InChI is InChI=1S/C19H17N5OS/c25-18-5-3-11-24(18)16-8-6-14(7-9-16)17-13-26-19(22-17)23-21-12-15-4-1-2-10-20-15/h1-2,4,6-10,12-13H,3,5,11H2,(H,22,23). The molecule has 0 unspecified atom stereocenters. The van der Waals surface area contributed by atoms with Crippen LogP contribution < -0.4 is 10.3 Å². The van der Waals surface area contributed by atoms with Crippen LogP contribution in [0.15, 0.2) is 59.1 Å². The molecular formula is C19H17N5OS. The van der Waals surface area contributed by atoms with E-state index in [0.717, 1.165) is 35.6 Å². The zero-order chi connectivity index (χ0) is 17.8. The van der Waals surface area contributed by atoms with Crippen LogP contribution in [0.3, 0.4) is 0 Å². The van der Waals surface area contributed by atoms with E-state index in [1.807, 2.05) is 52.7 Å². The van der Waals surface area contributed by atoms with Gasteiger partial charge in [-0.3, -0.25) is 15.2 Å². The fraction of sp³-hybridized carbons (Fsp3) is 0.158. The van der Waals surface area contributed by atoms with Crippen LogP contribution in [0.25, 0.3) is 11.3 Å². The molecule has 1 N–H and O–H groups in total. The van der Waals surface area contributed by atoms with Gasteiger partial charge < -0.3 is 4.90 Å². The van der Waals surface area contributed by atoms with Crippen molar-refractivity contribution in [3.63, 3.8) is 0 Å². The number of nitrogens with one attached hydrogen (secondary N) is 1. The van der Waals surface area contributed by atoms with Gasteiger partial charge in [0.1, 0.15) is 0 Å². The molecule has 26 heavy (non-hydrogen) atoms. The molecule has 0 radical (unpaired) electrons. The van der Waals surface area contributed by atoms with E-state index >= 15 is 0 Å². The Morgan fingerprint density at radius 1 is 1.19 bits per heavy atom. The van der Waals surface area contributed by atoms with Crippen molar-refractivity contribution in [3.8, 4) is 11.3 Å². The first-order valence-corrected chi connectivity index (χ1v) is 9.24. The first kappa shape index (κ1) is 16.4. The van der Waals surface area contributed by atoms with Crippen molar-refractivity contribution < 1.29 is 4.79 Å². The highest BCUT2D eigenvalue weighted by atomic mass is 32.1. The second kappa shape index (κ2) is 7.45. The largest absolute Gasteiger partial charge is 0.312 e. The van der Waals surface area contributed by atoms with Gasteiger partial charge in [-0.05, 0) is 30.7 Å². The van der Waals surface area contributed by atoms with Gasteiger partial charge in [0.15, 0.2) is 0 Å². The van der Waals surface area contributed by atoms with E-state index in [-0.39, 0.29) is 5.91 Å². The molecule has 0 saturated carbocycles. The summed E-state index contributed by atoms with van der Waals surface area (Å²) in [5.41, 5.74) is 6.55. The molecule has 0 bridgehead atoms. The number of carbonyl (C=O) groups excluding carboxylic acids is 1. The average molecular weight is 363 g/mol. The third-order valence-corrected chi connectivity index (χ3v) is 4.84. The number of benzene rings is 1. The van der Waals surface area contributed by atoms with E-state index in [0.29, 0.717) is 11.6 Å². The van der Waals surface area contributed by atoms with Crippen molar-refractivity contribution in [1.29, 1.82) is 0 Å². The van der Waals surface area contributed by atoms with E-state index < -0.39 is 0 Å². The Kier molecular flexibility index (Phi) is 4.70. The van der Waals surface area contributed by atoms with Crippen LogP contribution in [0.2, 0.25) is 0 Å². The summed E-state index contributed by atoms with van der Waals surface area (Å²) in [5, 5.41) is 6.85. The normalized spacial score (nSPS) is 14.3. The highest BCUT2D eigenvalue weighted by Gasteiger charge is 2.21. The summed E-state index contributed by atoms with van der Waals surface area (Å²) in [4.78, 5) is 22.4. The molecule has 0 aliphatic carbocycles. The number of hydrogen-bond acceptors (Lipinski definition) is 6. The molecule has 3 heterocycles. The maximum absolute atomic E-state index is 11.8. The second-order valence-electron chi connectivity index (χ2n) is 5.86. The summed E-state index contributed by atoms with van der Waals surface area (Å²) in [6, 6.07) is 13.6. The second-order valence-corrected chi connectivity index (χ2v) is 6.72. The summed E-state index contributed by atoms with van der Waals surface area (Å²) < 4.78 is 0. The van der Waals surface area contributed by atoms with Gasteiger partial charge in [-0.1, -0.05) is 18.2 Å². The van der Waals surface area contributed by atoms with Gasteiger partial charge in [0, 0.05) is 35.8 Å². The molecule has 1 fully saturated rings. The van der Waals surface area contributed by atoms with Crippen LogP contribution >= 0.6 is 11.3 Å². The SMILES string of the molecule is O=C1CCCN1c1ccc(-c2csc(NN=Cc3ccccn3)n2)cc1. The zero-order valence-electron chi connectivity index (χ0n) is 14.0. The Hall–Kier alpha value is -3.06. The van der Waals surface area contributed by atoms with Gasteiger partial charge >= 0.3 is 0 Å². The van der Waals surface area contributed by atoms with Crippen LogP contribution in [0.4, 0.5) is 10.8 Å². The van der Waals surface area contributed by atoms with Crippen LogP contribution in [-0.4, -0.2) is 28.6 Å². The lowest BCUT2D eigenvalue weighted by Crippen LogP contribution is -2.23. The van der Waals surface area contributed by atoms with Gasteiger partial charge in [0.25, 0.3) is 0 Å². The minimum Gasteiger partial charge on any atom is -0.312 e. The summed E-state index contributed by atoms with van der Waals surface area (Å²) in [6.45, 7) is 0.803. The third kappa shape index (κ3) is 3.62. The Bertz CT molecular complexity index is 921. The Labute approximate surface area is 155 Å². The van der Waals surface area contributed by atoms with Gasteiger partial charge in [-0.25, -0.2) is 4.98 Å². The summed E-state index contributed by atoms with van der Waals surface area (Å²) >= 11 is 1.49. The Morgan fingerprint density at radius 3 is 2.81 bits per heavy atom. The number of anilines is 2. The number of nitrogens with zero attached hydrogens (tertiary/aromatic N) is 4. The Balaban J connectivity index is 1.42.